The topological polar surface area (TPSA) is 34.2 Å². The Morgan fingerprint density at radius 1 is 1.04 bits per heavy atom. The van der Waals surface area contributed by atoms with Crippen LogP contribution in [0.1, 0.15) is 24.0 Å². The first-order valence-corrected chi connectivity index (χ1v) is 9.43. The summed E-state index contributed by atoms with van der Waals surface area (Å²) in [5.74, 6) is 0.807. The Morgan fingerprint density at radius 3 is 2.78 bits per heavy atom. The molecule has 0 amide bonds. The Hall–Kier alpha value is -2.72. The number of hydrogen-bond donors (Lipinski definition) is 1. The smallest absolute Gasteiger partial charge is 0.123 e. The number of benzene rings is 2. The van der Waals surface area contributed by atoms with Gasteiger partial charge in [-0.3, -0.25) is 4.98 Å². The number of halogens is 1. The lowest BCUT2D eigenvalue weighted by Gasteiger charge is -2.26. The maximum atomic E-state index is 13.1. The van der Waals surface area contributed by atoms with Crippen LogP contribution in [-0.2, 0) is 13.0 Å². The van der Waals surface area contributed by atoms with Crippen molar-refractivity contribution in [3.8, 4) is 16.9 Å². The van der Waals surface area contributed by atoms with Crippen molar-refractivity contribution in [3.05, 3.63) is 83.9 Å². The molecule has 1 unspecified atom stereocenters. The third-order valence-corrected chi connectivity index (χ3v) is 4.95. The molecule has 0 saturated carbocycles. The lowest BCUT2D eigenvalue weighted by atomic mass is 10.0. The fourth-order valence-corrected chi connectivity index (χ4v) is 3.46. The summed E-state index contributed by atoms with van der Waals surface area (Å²) in [4.78, 5) is 4.32. The Morgan fingerprint density at radius 2 is 1.89 bits per heavy atom. The van der Waals surface area contributed by atoms with E-state index in [4.69, 9.17) is 4.74 Å². The number of ether oxygens (including phenoxy) is 1. The zero-order valence-electron chi connectivity index (χ0n) is 15.2. The lowest BCUT2D eigenvalue weighted by molar-refractivity contribution is 0.163. The standard InChI is InChI=1S/C23H23FN2O/c24-21-8-5-18(6-9-21)20-13-17(15-26-16-20)14-25-12-11-22-10-7-19-3-1-2-4-23(19)27-22/h1-6,8-9,13,15-16,22,25H,7,10-12,14H2. The fourth-order valence-electron chi connectivity index (χ4n) is 3.46. The summed E-state index contributed by atoms with van der Waals surface area (Å²) in [6.45, 7) is 1.65. The van der Waals surface area contributed by atoms with Crippen LogP contribution in [0.15, 0.2) is 67.0 Å². The van der Waals surface area contributed by atoms with Gasteiger partial charge in [-0.05, 0) is 66.8 Å². The van der Waals surface area contributed by atoms with Crippen LogP contribution in [0.5, 0.6) is 5.75 Å². The van der Waals surface area contributed by atoms with Gasteiger partial charge in [-0.1, -0.05) is 30.3 Å². The van der Waals surface area contributed by atoms with Gasteiger partial charge in [0.25, 0.3) is 0 Å². The molecule has 1 atom stereocenters. The van der Waals surface area contributed by atoms with E-state index in [9.17, 15) is 4.39 Å². The highest BCUT2D eigenvalue weighted by Crippen LogP contribution is 2.28. The van der Waals surface area contributed by atoms with Gasteiger partial charge in [-0.2, -0.15) is 0 Å². The molecule has 0 bridgehead atoms. The minimum absolute atomic E-state index is 0.225. The SMILES string of the molecule is Fc1ccc(-c2cncc(CNCCC3CCc4ccccc4O3)c2)cc1. The molecule has 0 fully saturated rings. The highest BCUT2D eigenvalue weighted by Gasteiger charge is 2.18. The van der Waals surface area contributed by atoms with Crippen LogP contribution in [0.2, 0.25) is 0 Å². The minimum Gasteiger partial charge on any atom is -0.490 e. The second-order valence-corrected chi connectivity index (χ2v) is 6.94. The molecule has 1 aromatic heterocycles. The molecule has 1 aliphatic heterocycles. The average molecular weight is 362 g/mol. The molecule has 0 saturated heterocycles. The van der Waals surface area contributed by atoms with Crippen LogP contribution in [0.4, 0.5) is 4.39 Å². The van der Waals surface area contributed by atoms with E-state index in [1.807, 2.05) is 18.5 Å². The second kappa shape index (κ2) is 8.31. The summed E-state index contributed by atoms with van der Waals surface area (Å²) < 4.78 is 19.2. The van der Waals surface area contributed by atoms with Gasteiger partial charge in [0.15, 0.2) is 0 Å². The second-order valence-electron chi connectivity index (χ2n) is 6.94. The first kappa shape index (κ1) is 17.7. The number of rotatable bonds is 6. The van der Waals surface area contributed by atoms with Crippen molar-refractivity contribution in [2.24, 2.45) is 0 Å². The molecule has 4 rings (SSSR count). The molecule has 2 aromatic carbocycles. The van der Waals surface area contributed by atoms with E-state index in [2.05, 4.69) is 34.6 Å². The van der Waals surface area contributed by atoms with Crippen molar-refractivity contribution in [1.29, 1.82) is 0 Å². The highest BCUT2D eigenvalue weighted by molar-refractivity contribution is 5.62. The van der Waals surface area contributed by atoms with Crippen LogP contribution >= 0.6 is 0 Å². The van der Waals surface area contributed by atoms with E-state index in [1.54, 1.807) is 12.1 Å². The van der Waals surface area contributed by atoms with Crippen molar-refractivity contribution in [2.45, 2.75) is 31.9 Å². The van der Waals surface area contributed by atoms with E-state index in [1.165, 1.54) is 17.7 Å². The molecule has 4 heteroatoms. The van der Waals surface area contributed by atoms with Gasteiger partial charge in [-0.25, -0.2) is 4.39 Å². The van der Waals surface area contributed by atoms with Crippen molar-refractivity contribution in [3.63, 3.8) is 0 Å². The molecule has 1 N–H and O–H groups in total. The summed E-state index contributed by atoms with van der Waals surface area (Å²) in [7, 11) is 0. The molecule has 138 valence electrons. The maximum Gasteiger partial charge on any atom is 0.123 e. The first-order chi connectivity index (χ1) is 13.3. The predicted octanol–water partition coefficient (Wildman–Crippen LogP) is 4.76. The van der Waals surface area contributed by atoms with Crippen molar-refractivity contribution < 1.29 is 9.13 Å². The minimum atomic E-state index is -0.225. The van der Waals surface area contributed by atoms with Crippen LogP contribution < -0.4 is 10.1 Å². The Labute approximate surface area is 159 Å². The van der Waals surface area contributed by atoms with Gasteiger partial charge in [0.2, 0.25) is 0 Å². The van der Waals surface area contributed by atoms with Crippen molar-refractivity contribution in [2.75, 3.05) is 6.54 Å². The first-order valence-electron chi connectivity index (χ1n) is 9.43. The van der Waals surface area contributed by atoms with Crippen LogP contribution in [-0.4, -0.2) is 17.6 Å². The zero-order chi connectivity index (χ0) is 18.5. The van der Waals surface area contributed by atoms with Gasteiger partial charge in [0.05, 0.1) is 0 Å². The number of pyridine rings is 1. The molecule has 27 heavy (non-hydrogen) atoms. The molecule has 3 aromatic rings. The van der Waals surface area contributed by atoms with E-state index in [0.29, 0.717) is 0 Å². The van der Waals surface area contributed by atoms with E-state index < -0.39 is 0 Å². The molecule has 0 radical (unpaired) electrons. The predicted molar refractivity (Wildman–Crippen MR) is 105 cm³/mol. The van der Waals surface area contributed by atoms with Crippen LogP contribution in [0.3, 0.4) is 0 Å². The van der Waals surface area contributed by atoms with Gasteiger partial charge in [0, 0.05) is 24.5 Å². The van der Waals surface area contributed by atoms with Gasteiger partial charge >= 0.3 is 0 Å². The average Bonchev–Trinajstić information content (AvgIpc) is 2.72. The third-order valence-electron chi connectivity index (χ3n) is 4.95. The molecule has 2 heterocycles. The van der Waals surface area contributed by atoms with Crippen LogP contribution in [0, 0.1) is 5.82 Å². The number of nitrogens with one attached hydrogen (secondary N) is 1. The van der Waals surface area contributed by atoms with E-state index in [-0.39, 0.29) is 11.9 Å². The van der Waals surface area contributed by atoms with Crippen molar-refractivity contribution in [1.82, 2.24) is 10.3 Å². The third kappa shape index (κ3) is 4.52. The van der Waals surface area contributed by atoms with Gasteiger partial charge < -0.3 is 10.1 Å². The molecule has 1 aliphatic rings. The Balaban J connectivity index is 1.27. The highest BCUT2D eigenvalue weighted by atomic mass is 19.1. The molecular formula is C23H23FN2O. The Bertz CT molecular complexity index is 895. The Kier molecular flexibility index (Phi) is 5.45. The number of aryl methyl sites for hydroxylation is 1. The summed E-state index contributed by atoms with van der Waals surface area (Å²) in [6, 6.07) is 16.9. The monoisotopic (exact) mass is 362 g/mol. The van der Waals surface area contributed by atoms with E-state index in [0.717, 1.165) is 54.8 Å². The molecule has 3 nitrogen and oxygen atoms in total. The normalized spacial score (nSPS) is 15.8. The number of para-hydroxylation sites is 1. The molecular weight excluding hydrogens is 339 g/mol. The molecule has 0 spiro atoms. The lowest BCUT2D eigenvalue weighted by Crippen LogP contribution is -2.27. The van der Waals surface area contributed by atoms with Crippen molar-refractivity contribution >= 4 is 0 Å². The van der Waals surface area contributed by atoms with Crippen LogP contribution in [0.25, 0.3) is 11.1 Å². The van der Waals surface area contributed by atoms with Gasteiger partial charge in [0.1, 0.15) is 17.7 Å². The summed E-state index contributed by atoms with van der Waals surface area (Å²) in [5, 5.41) is 3.48. The summed E-state index contributed by atoms with van der Waals surface area (Å²) in [6.07, 6.45) is 7.10. The maximum absolute atomic E-state index is 13.1. The zero-order valence-corrected chi connectivity index (χ0v) is 15.2. The quantitative estimate of drug-likeness (QED) is 0.642. The largest absolute Gasteiger partial charge is 0.490 e. The number of fused-ring (bicyclic) bond motifs is 1. The summed E-state index contributed by atoms with van der Waals surface area (Å²) >= 11 is 0. The van der Waals surface area contributed by atoms with Gasteiger partial charge in [-0.15, -0.1) is 0 Å². The van der Waals surface area contributed by atoms with E-state index >= 15 is 0 Å². The number of nitrogens with zero attached hydrogens (tertiary/aromatic N) is 1. The number of hydrogen-bond acceptors (Lipinski definition) is 3. The number of aromatic nitrogens is 1. The fraction of sp³-hybridized carbons (Fsp3) is 0.261. The molecule has 0 aliphatic carbocycles. The summed E-state index contributed by atoms with van der Waals surface area (Å²) in [5.41, 5.74) is 4.40.